The van der Waals surface area contributed by atoms with Crippen molar-refractivity contribution in [2.45, 2.75) is 9.79 Å². The van der Waals surface area contributed by atoms with Gasteiger partial charge in [-0.2, -0.15) is 5.26 Å². The molecule has 8 heteroatoms. The molecule has 25 heavy (non-hydrogen) atoms. The Balaban J connectivity index is 2.16. The molecule has 128 valence electrons. The van der Waals surface area contributed by atoms with Gasteiger partial charge in [-0.15, -0.1) is 11.8 Å². The first kappa shape index (κ1) is 18.7. The summed E-state index contributed by atoms with van der Waals surface area (Å²) in [4.78, 5) is 13.2. The Bertz CT molecular complexity index is 942. The Morgan fingerprint density at radius 3 is 2.24 bits per heavy atom. The van der Waals surface area contributed by atoms with Crippen LogP contribution in [0.1, 0.15) is 5.56 Å². The van der Waals surface area contributed by atoms with Gasteiger partial charge in [0.1, 0.15) is 11.6 Å². The normalized spacial score (nSPS) is 11.6. The molecule has 2 aromatic carbocycles. The average Bonchev–Trinajstić information content (AvgIpc) is 2.59. The van der Waals surface area contributed by atoms with Gasteiger partial charge in [0.15, 0.2) is 0 Å². The monoisotopic (exact) mass is 373 g/mol. The Morgan fingerprint density at radius 1 is 1.16 bits per heavy atom. The number of nitriles is 1. The van der Waals surface area contributed by atoms with Crippen LogP contribution in [0.4, 0.5) is 5.69 Å². The fourth-order valence-corrected chi connectivity index (χ4v) is 2.87. The summed E-state index contributed by atoms with van der Waals surface area (Å²) in [5, 5.41) is 16.8. The number of hydrogen-bond acceptors (Lipinski definition) is 5. The van der Waals surface area contributed by atoms with Crippen LogP contribution in [0.5, 0.6) is 0 Å². The standard InChI is InChI=1S/C17H15N3O3S2/c1-24-15-6-2-12(3-7-15)10-13(11-18)17(21)20-14-4-8-16(9-5-14)25(19,22)23/h2-10H,1H3,(H,20,21)(H2,19,22,23)/b13-10+. The van der Waals surface area contributed by atoms with Crippen molar-refractivity contribution in [1.82, 2.24) is 0 Å². The quantitative estimate of drug-likeness (QED) is 0.475. The molecule has 0 heterocycles. The summed E-state index contributed by atoms with van der Waals surface area (Å²) >= 11 is 1.60. The summed E-state index contributed by atoms with van der Waals surface area (Å²) in [5.74, 6) is -0.584. The maximum absolute atomic E-state index is 12.2. The van der Waals surface area contributed by atoms with Crippen molar-refractivity contribution in [3.63, 3.8) is 0 Å². The van der Waals surface area contributed by atoms with E-state index in [0.717, 1.165) is 10.5 Å². The minimum Gasteiger partial charge on any atom is -0.321 e. The molecule has 0 saturated heterocycles. The van der Waals surface area contributed by atoms with E-state index in [0.29, 0.717) is 5.69 Å². The van der Waals surface area contributed by atoms with E-state index in [-0.39, 0.29) is 10.5 Å². The lowest BCUT2D eigenvalue weighted by Crippen LogP contribution is -2.14. The van der Waals surface area contributed by atoms with Gasteiger partial charge in [-0.1, -0.05) is 12.1 Å². The molecular weight excluding hydrogens is 358 g/mol. The molecule has 0 unspecified atom stereocenters. The molecule has 3 N–H and O–H groups in total. The molecule has 6 nitrogen and oxygen atoms in total. The van der Waals surface area contributed by atoms with Gasteiger partial charge in [0, 0.05) is 10.6 Å². The Kier molecular flexibility index (Phi) is 5.98. The van der Waals surface area contributed by atoms with Gasteiger partial charge in [-0.3, -0.25) is 4.79 Å². The first-order valence-corrected chi connectivity index (χ1v) is 9.80. The highest BCUT2D eigenvalue weighted by molar-refractivity contribution is 7.98. The maximum atomic E-state index is 12.2. The van der Waals surface area contributed by atoms with Crippen LogP contribution in [0.15, 0.2) is 63.9 Å². The number of sulfonamides is 1. The summed E-state index contributed by atoms with van der Waals surface area (Å²) in [6, 6.07) is 14.7. The highest BCUT2D eigenvalue weighted by Crippen LogP contribution is 2.17. The summed E-state index contributed by atoms with van der Waals surface area (Å²) in [5.41, 5.74) is 1.03. The molecule has 0 aliphatic heterocycles. The molecule has 1 amide bonds. The number of nitrogens with zero attached hydrogens (tertiary/aromatic N) is 1. The van der Waals surface area contributed by atoms with Crippen LogP contribution in [-0.4, -0.2) is 20.6 Å². The van der Waals surface area contributed by atoms with E-state index in [2.05, 4.69) is 5.32 Å². The van der Waals surface area contributed by atoms with Gasteiger partial charge in [-0.25, -0.2) is 13.6 Å². The first-order valence-electron chi connectivity index (χ1n) is 7.03. The molecule has 0 spiro atoms. The predicted octanol–water partition coefficient (Wildman–Crippen LogP) is 2.60. The third kappa shape index (κ3) is 5.19. The van der Waals surface area contributed by atoms with Gasteiger partial charge in [0.25, 0.3) is 5.91 Å². The van der Waals surface area contributed by atoms with Crippen molar-refractivity contribution >= 4 is 39.5 Å². The molecular formula is C17H15N3O3S2. The van der Waals surface area contributed by atoms with Crippen LogP contribution < -0.4 is 10.5 Å². The fraction of sp³-hybridized carbons (Fsp3) is 0.0588. The van der Waals surface area contributed by atoms with E-state index < -0.39 is 15.9 Å². The minimum atomic E-state index is -3.79. The van der Waals surface area contributed by atoms with Crippen LogP contribution in [-0.2, 0) is 14.8 Å². The predicted molar refractivity (Wildman–Crippen MR) is 98.3 cm³/mol. The van der Waals surface area contributed by atoms with Crippen molar-refractivity contribution in [3.05, 3.63) is 59.7 Å². The fourth-order valence-electron chi connectivity index (χ4n) is 1.94. The molecule has 2 rings (SSSR count). The van der Waals surface area contributed by atoms with Gasteiger partial charge in [0.05, 0.1) is 4.90 Å². The molecule has 0 radical (unpaired) electrons. The number of rotatable bonds is 5. The molecule has 0 aliphatic rings. The highest BCUT2D eigenvalue weighted by Gasteiger charge is 2.11. The second-order valence-corrected chi connectivity index (χ2v) is 7.41. The summed E-state index contributed by atoms with van der Waals surface area (Å²) in [7, 11) is -3.79. The second kappa shape index (κ2) is 7.98. The molecule has 0 saturated carbocycles. The molecule has 0 aromatic heterocycles. The van der Waals surface area contributed by atoms with E-state index in [1.165, 1.54) is 30.3 Å². The Morgan fingerprint density at radius 2 is 1.76 bits per heavy atom. The number of anilines is 1. The topological polar surface area (TPSA) is 113 Å². The van der Waals surface area contributed by atoms with Crippen LogP contribution >= 0.6 is 11.8 Å². The number of carbonyl (C=O) groups is 1. The van der Waals surface area contributed by atoms with Crippen molar-refractivity contribution in [1.29, 1.82) is 5.26 Å². The SMILES string of the molecule is CSc1ccc(/C=C(\C#N)C(=O)Nc2ccc(S(N)(=O)=O)cc2)cc1. The Labute approximate surface area is 150 Å². The summed E-state index contributed by atoms with van der Waals surface area (Å²) < 4.78 is 22.4. The van der Waals surface area contributed by atoms with E-state index in [4.69, 9.17) is 5.14 Å². The Hall–Kier alpha value is -2.60. The third-order valence-corrected chi connectivity index (χ3v) is 4.91. The van der Waals surface area contributed by atoms with Gasteiger partial charge in [-0.05, 0) is 54.3 Å². The number of carbonyl (C=O) groups excluding carboxylic acids is 1. The molecule has 0 fully saturated rings. The smallest absolute Gasteiger partial charge is 0.266 e. The first-order chi connectivity index (χ1) is 11.8. The van der Waals surface area contributed by atoms with Crippen LogP contribution in [0.3, 0.4) is 0 Å². The largest absolute Gasteiger partial charge is 0.321 e. The zero-order valence-corrected chi connectivity index (χ0v) is 14.9. The molecule has 2 aromatic rings. The van der Waals surface area contributed by atoms with E-state index in [1.54, 1.807) is 11.8 Å². The third-order valence-electron chi connectivity index (χ3n) is 3.23. The molecule has 0 aliphatic carbocycles. The number of nitrogens with one attached hydrogen (secondary N) is 1. The summed E-state index contributed by atoms with van der Waals surface area (Å²) in [6.07, 6.45) is 3.44. The molecule has 0 atom stereocenters. The lowest BCUT2D eigenvalue weighted by molar-refractivity contribution is -0.112. The lowest BCUT2D eigenvalue weighted by atomic mass is 10.1. The van der Waals surface area contributed by atoms with Crippen molar-refractivity contribution in [2.75, 3.05) is 11.6 Å². The highest BCUT2D eigenvalue weighted by atomic mass is 32.2. The van der Waals surface area contributed by atoms with Gasteiger partial charge < -0.3 is 5.32 Å². The number of thioether (sulfide) groups is 1. The van der Waals surface area contributed by atoms with Crippen LogP contribution in [0.2, 0.25) is 0 Å². The number of hydrogen-bond donors (Lipinski definition) is 2. The second-order valence-electron chi connectivity index (χ2n) is 4.97. The number of benzene rings is 2. The van der Waals surface area contributed by atoms with E-state index in [9.17, 15) is 18.5 Å². The van der Waals surface area contributed by atoms with E-state index in [1.807, 2.05) is 36.6 Å². The zero-order chi connectivity index (χ0) is 18.4. The average molecular weight is 373 g/mol. The van der Waals surface area contributed by atoms with Crippen molar-refractivity contribution in [3.8, 4) is 6.07 Å². The lowest BCUT2D eigenvalue weighted by Gasteiger charge is -2.05. The van der Waals surface area contributed by atoms with Crippen molar-refractivity contribution < 1.29 is 13.2 Å². The van der Waals surface area contributed by atoms with E-state index >= 15 is 0 Å². The molecule has 0 bridgehead atoms. The summed E-state index contributed by atoms with van der Waals surface area (Å²) in [6.45, 7) is 0. The van der Waals surface area contributed by atoms with Gasteiger partial charge in [0.2, 0.25) is 10.0 Å². The number of primary sulfonamides is 1. The van der Waals surface area contributed by atoms with Crippen LogP contribution in [0.25, 0.3) is 6.08 Å². The number of amides is 1. The minimum absolute atomic E-state index is 0.0598. The zero-order valence-electron chi connectivity index (χ0n) is 13.3. The number of nitrogens with two attached hydrogens (primary N) is 1. The van der Waals surface area contributed by atoms with Gasteiger partial charge >= 0.3 is 0 Å². The van der Waals surface area contributed by atoms with Crippen molar-refractivity contribution in [2.24, 2.45) is 5.14 Å². The maximum Gasteiger partial charge on any atom is 0.266 e. The van der Waals surface area contributed by atoms with Crippen LogP contribution in [0, 0.1) is 11.3 Å².